The van der Waals surface area contributed by atoms with Gasteiger partial charge in [0, 0.05) is 4.88 Å². The first-order chi connectivity index (χ1) is 9.61. The van der Waals surface area contributed by atoms with E-state index in [-0.39, 0.29) is 27.7 Å². The number of rotatable bonds is 1. The predicted molar refractivity (Wildman–Crippen MR) is 75.9 cm³/mol. The van der Waals surface area contributed by atoms with Crippen LogP contribution in [0.5, 0.6) is 5.88 Å². The first kappa shape index (κ1) is 12.7. The van der Waals surface area contributed by atoms with Gasteiger partial charge in [-0.1, -0.05) is 6.07 Å². The molecular formula is C12H8N4O2S2. The molecule has 0 saturated heterocycles. The zero-order chi connectivity index (χ0) is 14.3. The van der Waals surface area contributed by atoms with Gasteiger partial charge < -0.3 is 15.5 Å². The molecule has 100 valence electrons. The van der Waals surface area contributed by atoms with Crippen molar-refractivity contribution in [2.24, 2.45) is 5.73 Å². The number of nitrogens with two attached hydrogens (primary N) is 1. The fourth-order valence-electron chi connectivity index (χ4n) is 2.13. The van der Waals surface area contributed by atoms with Gasteiger partial charge in [-0.15, -0.1) is 11.3 Å². The molecule has 0 aromatic carbocycles. The summed E-state index contributed by atoms with van der Waals surface area (Å²) in [6, 6.07) is 5.71. The molecule has 0 fully saturated rings. The molecule has 4 N–H and O–H groups in total. The summed E-state index contributed by atoms with van der Waals surface area (Å²) in [5.41, 5.74) is 5.92. The molecule has 0 bridgehead atoms. The lowest BCUT2D eigenvalue weighted by Gasteiger charge is -2.23. The fraction of sp³-hybridized carbons (Fsp3) is 0.0833. The smallest absolute Gasteiger partial charge is 0.259 e. The maximum Gasteiger partial charge on any atom is 0.259 e. The van der Waals surface area contributed by atoms with Crippen LogP contribution in [0, 0.1) is 16.1 Å². The number of aromatic amines is 2. The second-order valence-electron chi connectivity index (χ2n) is 4.09. The molecule has 8 heteroatoms. The van der Waals surface area contributed by atoms with E-state index in [2.05, 4.69) is 9.97 Å². The van der Waals surface area contributed by atoms with Crippen LogP contribution in [0.3, 0.4) is 0 Å². The van der Waals surface area contributed by atoms with Gasteiger partial charge in [-0.3, -0.25) is 9.78 Å². The molecule has 1 atom stereocenters. The summed E-state index contributed by atoms with van der Waals surface area (Å²) in [6.07, 6.45) is 0. The topological polar surface area (TPSA) is 108 Å². The van der Waals surface area contributed by atoms with Crippen molar-refractivity contribution in [3.63, 3.8) is 0 Å². The first-order valence-corrected chi connectivity index (χ1v) is 6.88. The predicted octanol–water partition coefficient (Wildman–Crippen LogP) is 1.71. The standard InChI is InChI=1S/C12H8N4O2S2/c13-4-5-7(6-2-1-3-20-6)8-10(17)15-12(19)16-11(8)18-9(5)14/h1-3,7H,14H2,(H2,15,16,17,19)/t7-/m1/s1. The molecule has 0 radical (unpaired) electrons. The largest absolute Gasteiger partial charge is 0.424 e. The van der Waals surface area contributed by atoms with Gasteiger partial charge in [0.2, 0.25) is 11.8 Å². The number of fused-ring (bicyclic) bond motifs is 1. The van der Waals surface area contributed by atoms with E-state index in [1.807, 2.05) is 23.6 Å². The lowest BCUT2D eigenvalue weighted by atomic mass is 9.90. The molecule has 2 aromatic heterocycles. The van der Waals surface area contributed by atoms with Gasteiger partial charge in [0.15, 0.2) is 4.77 Å². The fourth-order valence-corrected chi connectivity index (χ4v) is 3.16. The van der Waals surface area contributed by atoms with Crippen molar-refractivity contribution in [3.05, 3.63) is 54.5 Å². The highest BCUT2D eigenvalue weighted by Gasteiger charge is 2.34. The summed E-state index contributed by atoms with van der Waals surface area (Å²) in [4.78, 5) is 18.3. The minimum atomic E-state index is -0.542. The van der Waals surface area contributed by atoms with Crippen molar-refractivity contribution in [2.45, 2.75) is 5.92 Å². The van der Waals surface area contributed by atoms with E-state index < -0.39 is 5.92 Å². The normalized spacial score (nSPS) is 17.2. The Labute approximate surface area is 122 Å². The Hall–Kier alpha value is -2.37. The van der Waals surface area contributed by atoms with Crippen LogP contribution in [0.2, 0.25) is 0 Å². The average molecular weight is 304 g/mol. The second kappa shape index (κ2) is 4.63. The van der Waals surface area contributed by atoms with Crippen molar-refractivity contribution in [3.8, 4) is 11.9 Å². The monoisotopic (exact) mass is 304 g/mol. The van der Waals surface area contributed by atoms with Gasteiger partial charge in [-0.05, 0) is 23.7 Å². The molecule has 0 amide bonds. The quantitative estimate of drug-likeness (QED) is 0.695. The highest BCUT2D eigenvalue weighted by Crippen LogP contribution is 2.40. The highest BCUT2D eigenvalue weighted by molar-refractivity contribution is 7.71. The number of nitriles is 1. The van der Waals surface area contributed by atoms with Crippen LogP contribution in [-0.4, -0.2) is 9.97 Å². The molecule has 2 aromatic rings. The van der Waals surface area contributed by atoms with E-state index in [4.69, 9.17) is 22.7 Å². The maximum absolute atomic E-state index is 12.2. The van der Waals surface area contributed by atoms with Crippen LogP contribution in [0.25, 0.3) is 0 Å². The zero-order valence-corrected chi connectivity index (χ0v) is 11.6. The molecule has 20 heavy (non-hydrogen) atoms. The molecule has 1 aliphatic rings. The van der Waals surface area contributed by atoms with Gasteiger partial charge in [-0.2, -0.15) is 5.26 Å². The van der Waals surface area contributed by atoms with E-state index in [0.717, 1.165) is 4.88 Å². The number of aromatic nitrogens is 2. The molecule has 0 unspecified atom stereocenters. The van der Waals surface area contributed by atoms with Crippen molar-refractivity contribution in [1.29, 1.82) is 5.26 Å². The summed E-state index contributed by atoms with van der Waals surface area (Å²) in [5, 5.41) is 11.2. The van der Waals surface area contributed by atoms with Crippen molar-refractivity contribution >= 4 is 23.6 Å². The number of nitrogens with zero attached hydrogens (tertiary/aromatic N) is 1. The molecule has 0 saturated carbocycles. The van der Waals surface area contributed by atoms with Crippen LogP contribution in [0.1, 0.15) is 16.4 Å². The van der Waals surface area contributed by atoms with Crippen LogP contribution in [-0.2, 0) is 0 Å². The SMILES string of the molecule is N#CC1=C(N)Oc2[nH]c(=S)[nH]c(=O)c2[C@H]1c1cccs1. The number of hydrogen-bond donors (Lipinski definition) is 3. The lowest BCUT2D eigenvalue weighted by Crippen LogP contribution is -2.28. The van der Waals surface area contributed by atoms with Crippen LogP contribution in [0.15, 0.2) is 33.8 Å². The number of ether oxygens (including phenoxy) is 1. The lowest BCUT2D eigenvalue weighted by molar-refractivity contribution is 0.375. The Morgan fingerprint density at radius 2 is 2.30 bits per heavy atom. The Morgan fingerprint density at radius 1 is 1.50 bits per heavy atom. The Bertz CT molecular complexity index is 855. The number of nitrogens with one attached hydrogen (secondary N) is 2. The Morgan fingerprint density at radius 3 is 2.95 bits per heavy atom. The summed E-state index contributed by atoms with van der Waals surface area (Å²) < 4.78 is 5.47. The third-order valence-corrected chi connectivity index (χ3v) is 4.09. The number of thiophene rings is 1. The molecule has 0 spiro atoms. The van der Waals surface area contributed by atoms with Gasteiger partial charge in [0.05, 0.1) is 11.5 Å². The second-order valence-corrected chi connectivity index (χ2v) is 5.48. The van der Waals surface area contributed by atoms with Crippen molar-refractivity contribution in [1.82, 2.24) is 9.97 Å². The minimum absolute atomic E-state index is 0.0188. The summed E-state index contributed by atoms with van der Waals surface area (Å²) in [5.74, 6) is -0.373. The summed E-state index contributed by atoms with van der Waals surface area (Å²) >= 11 is 6.35. The number of hydrogen-bond acceptors (Lipinski definition) is 6. The van der Waals surface area contributed by atoms with Crippen molar-refractivity contribution in [2.75, 3.05) is 0 Å². The molecule has 6 nitrogen and oxygen atoms in total. The maximum atomic E-state index is 12.2. The minimum Gasteiger partial charge on any atom is -0.424 e. The van der Waals surface area contributed by atoms with Gasteiger partial charge in [0.25, 0.3) is 5.56 Å². The molecular weight excluding hydrogens is 296 g/mol. The van der Waals surface area contributed by atoms with E-state index >= 15 is 0 Å². The molecule has 3 rings (SSSR count). The number of allylic oxidation sites excluding steroid dienone is 1. The Kier molecular flexibility index (Phi) is 2.93. The third-order valence-electron chi connectivity index (χ3n) is 2.95. The summed E-state index contributed by atoms with van der Waals surface area (Å²) in [6.45, 7) is 0. The summed E-state index contributed by atoms with van der Waals surface area (Å²) in [7, 11) is 0. The molecule has 1 aliphatic heterocycles. The van der Waals surface area contributed by atoms with Gasteiger partial charge in [-0.25, -0.2) is 0 Å². The highest BCUT2D eigenvalue weighted by atomic mass is 32.1. The van der Waals surface area contributed by atoms with E-state index in [1.54, 1.807) is 0 Å². The van der Waals surface area contributed by atoms with Crippen LogP contribution in [0.4, 0.5) is 0 Å². The average Bonchev–Trinajstić information content (AvgIpc) is 2.90. The third kappa shape index (κ3) is 1.84. The van der Waals surface area contributed by atoms with E-state index in [1.165, 1.54) is 11.3 Å². The Balaban J connectivity index is 2.35. The van der Waals surface area contributed by atoms with Crippen LogP contribution >= 0.6 is 23.6 Å². The van der Waals surface area contributed by atoms with E-state index in [9.17, 15) is 10.1 Å². The van der Waals surface area contributed by atoms with Crippen LogP contribution < -0.4 is 16.0 Å². The molecule has 0 aliphatic carbocycles. The molecule has 3 heterocycles. The van der Waals surface area contributed by atoms with Gasteiger partial charge in [0.1, 0.15) is 11.6 Å². The first-order valence-electron chi connectivity index (χ1n) is 5.59. The van der Waals surface area contributed by atoms with E-state index in [0.29, 0.717) is 5.56 Å². The van der Waals surface area contributed by atoms with Gasteiger partial charge >= 0.3 is 0 Å². The zero-order valence-electron chi connectivity index (χ0n) is 9.97. The van der Waals surface area contributed by atoms with Crippen molar-refractivity contribution < 1.29 is 4.74 Å². The number of H-pyrrole nitrogens is 2.